The third-order valence-corrected chi connectivity index (χ3v) is 2.14. The first-order chi connectivity index (χ1) is 7.04. The lowest BCUT2D eigenvalue weighted by molar-refractivity contribution is -0.137. The molecule has 5 N–H and O–H groups in total. The summed E-state index contributed by atoms with van der Waals surface area (Å²) in [6.07, 6.45) is 1.52. The number of amides is 2. The minimum absolute atomic E-state index is 0.224. The van der Waals surface area contributed by atoms with Gasteiger partial charge in [-0.3, -0.25) is 14.4 Å². The molecule has 1 unspecified atom stereocenters. The molecule has 0 saturated heterocycles. The van der Waals surface area contributed by atoms with Crippen molar-refractivity contribution in [2.24, 2.45) is 5.73 Å². The lowest BCUT2D eigenvalue weighted by atomic mass is 10.2. The van der Waals surface area contributed by atoms with E-state index in [1.54, 1.807) is 0 Å². The summed E-state index contributed by atoms with van der Waals surface area (Å²) >= 11 is 1.10. The van der Waals surface area contributed by atoms with Crippen molar-refractivity contribution >= 4 is 34.6 Å². The minimum atomic E-state index is -1.18. The van der Waals surface area contributed by atoms with Gasteiger partial charge in [-0.1, -0.05) is 0 Å². The standard InChI is InChI=1S/C7H7N4O3S/c8-5(13)6(14)10-3(1-12)4-2-15-7(9)11-4/h2-3H,(H2,8,13)(H2,9,11)(H,10,14). The molecule has 0 aliphatic heterocycles. The van der Waals surface area contributed by atoms with E-state index in [-0.39, 0.29) is 10.8 Å². The Labute approximate surface area is 88.5 Å². The molecule has 7 nitrogen and oxygen atoms in total. The quantitative estimate of drug-likeness (QED) is 0.540. The maximum atomic E-state index is 10.9. The number of hydrogen-bond acceptors (Lipinski definition) is 6. The highest BCUT2D eigenvalue weighted by atomic mass is 32.1. The molecule has 0 fully saturated rings. The van der Waals surface area contributed by atoms with Gasteiger partial charge in [-0.05, 0) is 0 Å². The fourth-order valence-electron chi connectivity index (χ4n) is 0.799. The molecule has 0 aromatic carbocycles. The highest BCUT2D eigenvalue weighted by Gasteiger charge is 2.19. The van der Waals surface area contributed by atoms with Crippen LogP contribution in [0.3, 0.4) is 0 Å². The van der Waals surface area contributed by atoms with Gasteiger partial charge < -0.3 is 16.8 Å². The van der Waals surface area contributed by atoms with Crippen molar-refractivity contribution in [3.05, 3.63) is 11.1 Å². The Morgan fingerprint density at radius 2 is 2.27 bits per heavy atom. The van der Waals surface area contributed by atoms with Gasteiger partial charge in [-0.25, -0.2) is 4.98 Å². The van der Waals surface area contributed by atoms with Crippen molar-refractivity contribution in [3.8, 4) is 0 Å². The fourth-order valence-corrected chi connectivity index (χ4v) is 1.39. The van der Waals surface area contributed by atoms with E-state index >= 15 is 0 Å². The Morgan fingerprint density at radius 3 is 2.67 bits per heavy atom. The molecule has 0 saturated carbocycles. The van der Waals surface area contributed by atoms with Crippen molar-refractivity contribution in [1.82, 2.24) is 10.3 Å². The number of nitrogens with zero attached hydrogens (tertiary/aromatic N) is 1. The van der Waals surface area contributed by atoms with Crippen LogP contribution in [0.25, 0.3) is 0 Å². The van der Waals surface area contributed by atoms with E-state index in [0.29, 0.717) is 0 Å². The fraction of sp³-hybridized carbons (Fsp3) is 0.143. The van der Waals surface area contributed by atoms with Crippen molar-refractivity contribution in [1.29, 1.82) is 0 Å². The van der Waals surface area contributed by atoms with Crippen LogP contribution in [0.5, 0.6) is 0 Å². The minimum Gasteiger partial charge on any atom is -0.375 e. The number of hydrogen-bond donors (Lipinski definition) is 3. The third kappa shape index (κ3) is 2.74. The first-order valence-electron chi connectivity index (χ1n) is 3.73. The van der Waals surface area contributed by atoms with Gasteiger partial charge in [0.2, 0.25) is 6.29 Å². The van der Waals surface area contributed by atoms with Crippen molar-refractivity contribution in [2.45, 2.75) is 6.04 Å². The topological polar surface area (TPSA) is 128 Å². The van der Waals surface area contributed by atoms with E-state index in [4.69, 9.17) is 11.5 Å². The molecule has 15 heavy (non-hydrogen) atoms. The molecule has 1 heterocycles. The van der Waals surface area contributed by atoms with Gasteiger partial charge >= 0.3 is 11.8 Å². The SMILES string of the molecule is NC(=O)C(=O)NC([C]=O)c1csc(N)n1. The van der Waals surface area contributed by atoms with Crippen molar-refractivity contribution in [2.75, 3.05) is 5.73 Å². The molecule has 1 aromatic rings. The first kappa shape index (κ1) is 11.1. The van der Waals surface area contributed by atoms with Gasteiger partial charge in [0.25, 0.3) is 0 Å². The summed E-state index contributed by atoms with van der Waals surface area (Å²) in [5.74, 6) is -2.26. The molecule has 0 aliphatic rings. The monoisotopic (exact) mass is 227 g/mol. The Hall–Kier alpha value is -1.96. The number of primary amides is 1. The molecular formula is C7H7N4O3S. The zero-order valence-electron chi connectivity index (χ0n) is 7.39. The van der Waals surface area contributed by atoms with E-state index in [0.717, 1.165) is 11.3 Å². The second-order valence-electron chi connectivity index (χ2n) is 2.50. The maximum Gasteiger partial charge on any atom is 0.309 e. The summed E-state index contributed by atoms with van der Waals surface area (Å²) in [6.45, 7) is 0. The molecule has 0 aliphatic carbocycles. The van der Waals surface area contributed by atoms with Gasteiger partial charge in [-0.2, -0.15) is 0 Å². The summed E-state index contributed by atoms with van der Waals surface area (Å²) in [5, 5.41) is 3.77. The number of anilines is 1. The van der Waals surface area contributed by atoms with E-state index in [2.05, 4.69) is 4.98 Å². The van der Waals surface area contributed by atoms with E-state index < -0.39 is 17.9 Å². The number of nitrogens with one attached hydrogen (secondary N) is 1. The van der Waals surface area contributed by atoms with Crippen LogP contribution in [-0.2, 0) is 14.4 Å². The van der Waals surface area contributed by atoms with Gasteiger partial charge in [0.1, 0.15) is 6.04 Å². The lowest BCUT2D eigenvalue weighted by Gasteiger charge is -2.06. The number of carbonyl (C=O) groups excluding carboxylic acids is 3. The smallest absolute Gasteiger partial charge is 0.309 e. The van der Waals surface area contributed by atoms with Crippen LogP contribution in [0.1, 0.15) is 11.7 Å². The van der Waals surface area contributed by atoms with E-state index in [1.165, 1.54) is 11.7 Å². The van der Waals surface area contributed by atoms with Crippen molar-refractivity contribution in [3.63, 3.8) is 0 Å². The van der Waals surface area contributed by atoms with Crippen LogP contribution in [0.15, 0.2) is 5.38 Å². The number of aromatic nitrogens is 1. The normalized spacial score (nSPS) is 11.7. The number of thiazole rings is 1. The molecule has 1 rings (SSSR count). The molecular weight excluding hydrogens is 220 g/mol. The Morgan fingerprint density at radius 1 is 1.60 bits per heavy atom. The van der Waals surface area contributed by atoms with Gasteiger partial charge in [0.05, 0.1) is 5.69 Å². The molecule has 1 radical (unpaired) electrons. The second-order valence-corrected chi connectivity index (χ2v) is 3.39. The average molecular weight is 227 g/mol. The summed E-state index contributed by atoms with van der Waals surface area (Å²) in [4.78, 5) is 35.6. The summed E-state index contributed by atoms with van der Waals surface area (Å²) in [5.41, 5.74) is 10.3. The second kappa shape index (κ2) is 4.51. The Balaban J connectivity index is 2.77. The van der Waals surface area contributed by atoms with Gasteiger partial charge in [-0.15, -0.1) is 11.3 Å². The Bertz CT molecular complexity index is 403. The number of nitrogen functional groups attached to an aromatic ring is 1. The van der Waals surface area contributed by atoms with Crippen molar-refractivity contribution < 1.29 is 14.4 Å². The third-order valence-electron chi connectivity index (χ3n) is 1.45. The maximum absolute atomic E-state index is 10.9. The summed E-state index contributed by atoms with van der Waals surface area (Å²) < 4.78 is 0. The predicted octanol–water partition coefficient (Wildman–Crippen LogP) is -1.52. The zero-order chi connectivity index (χ0) is 11.4. The van der Waals surface area contributed by atoms with Crippen LogP contribution in [0.4, 0.5) is 5.13 Å². The van der Waals surface area contributed by atoms with E-state index in [9.17, 15) is 14.4 Å². The van der Waals surface area contributed by atoms with Crippen LogP contribution < -0.4 is 16.8 Å². The molecule has 0 bridgehead atoms. The number of carbonyl (C=O) groups is 2. The van der Waals surface area contributed by atoms with Crippen LogP contribution in [0, 0.1) is 0 Å². The van der Waals surface area contributed by atoms with Gasteiger partial charge in [0, 0.05) is 5.38 Å². The highest BCUT2D eigenvalue weighted by Crippen LogP contribution is 2.16. The first-order valence-corrected chi connectivity index (χ1v) is 4.61. The lowest BCUT2D eigenvalue weighted by Crippen LogP contribution is -2.39. The number of rotatable bonds is 3. The molecule has 1 atom stereocenters. The van der Waals surface area contributed by atoms with Crippen LogP contribution in [0.2, 0.25) is 0 Å². The average Bonchev–Trinajstić information content (AvgIpc) is 2.60. The van der Waals surface area contributed by atoms with Gasteiger partial charge in [0.15, 0.2) is 5.13 Å². The molecule has 79 valence electrons. The molecule has 1 aromatic heterocycles. The van der Waals surface area contributed by atoms with Crippen LogP contribution >= 0.6 is 11.3 Å². The zero-order valence-corrected chi connectivity index (χ0v) is 8.21. The summed E-state index contributed by atoms with van der Waals surface area (Å²) in [7, 11) is 0. The molecule has 0 spiro atoms. The predicted molar refractivity (Wildman–Crippen MR) is 52.3 cm³/mol. The summed E-state index contributed by atoms with van der Waals surface area (Å²) in [6, 6.07) is -1.13. The van der Waals surface area contributed by atoms with E-state index in [1.807, 2.05) is 5.32 Å². The Kier molecular flexibility index (Phi) is 3.34. The van der Waals surface area contributed by atoms with Crippen LogP contribution in [-0.4, -0.2) is 23.1 Å². The molecule has 2 amide bonds. The molecule has 8 heteroatoms. The number of nitrogens with two attached hydrogens (primary N) is 2. The highest BCUT2D eigenvalue weighted by molar-refractivity contribution is 7.13. The largest absolute Gasteiger partial charge is 0.375 e.